The van der Waals surface area contributed by atoms with E-state index in [1.165, 1.54) is 11.1 Å². The van der Waals surface area contributed by atoms with Gasteiger partial charge >= 0.3 is 0 Å². The van der Waals surface area contributed by atoms with Crippen LogP contribution >= 0.6 is 11.6 Å². The lowest BCUT2D eigenvalue weighted by Gasteiger charge is -2.23. The number of para-hydroxylation sites is 1. The smallest absolute Gasteiger partial charge is 0.260 e. The van der Waals surface area contributed by atoms with Gasteiger partial charge in [-0.2, -0.15) is 5.10 Å². The minimum Gasteiger partial charge on any atom is -0.299 e. The van der Waals surface area contributed by atoms with Crippen molar-refractivity contribution in [1.82, 2.24) is 5.43 Å². The molecule has 0 aliphatic rings. The van der Waals surface area contributed by atoms with Crippen molar-refractivity contribution in [2.24, 2.45) is 5.10 Å². The quantitative estimate of drug-likeness (QED) is 0.486. The molecular formula is C23H20ClN3O2. The average Bonchev–Trinajstić information content (AvgIpc) is 2.74. The van der Waals surface area contributed by atoms with Crippen LogP contribution in [0.15, 0.2) is 84.0 Å². The second-order valence-corrected chi connectivity index (χ2v) is 6.82. The van der Waals surface area contributed by atoms with Gasteiger partial charge in [-0.25, -0.2) is 5.43 Å². The molecule has 0 fully saturated rings. The molecule has 0 heterocycles. The fraction of sp³-hybridized carbons (Fsp3) is 0.0870. The lowest BCUT2D eigenvalue weighted by molar-refractivity contribution is -0.119. The molecule has 29 heavy (non-hydrogen) atoms. The van der Waals surface area contributed by atoms with E-state index in [9.17, 15) is 9.59 Å². The third-order valence-corrected chi connectivity index (χ3v) is 4.50. The topological polar surface area (TPSA) is 61.8 Å². The van der Waals surface area contributed by atoms with Crippen LogP contribution in [0.25, 0.3) is 0 Å². The van der Waals surface area contributed by atoms with Crippen molar-refractivity contribution in [2.75, 3.05) is 11.4 Å². The summed E-state index contributed by atoms with van der Waals surface area (Å²) in [6.07, 6.45) is 1.52. The summed E-state index contributed by atoms with van der Waals surface area (Å²) in [7, 11) is 0. The van der Waals surface area contributed by atoms with Crippen molar-refractivity contribution < 1.29 is 9.59 Å². The number of carbonyl (C=O) groups excluding carboxylic acids is 2. The number of halogens is 1. The van der Waals surface area contributed by atoms with Crippen molar-refractivity contribution in [3.63, 3.8) is 0 Å². The molecule has 0 unspecified atom stereocenters. The molecule has 2 amide bonds. The highest BCUT2D eigenvalue weighted by Gasteiger charge is 2.21. The van der Waals surface area contributed by atoms with Gasteiger partial charge in [0.2, 0.25) is 0 Å². The molecule has 0 atom stereocenters. The number of carbonyl (C=O) groups is 2. The van der Waals surface area contributed by atoms with E-state index < -0.39 is 5.91 Å². The fourth-order valence-electron chi connectivity index (χ4n) is 2.78. The molecule has 3 aromatic carbocycles. The highest BCUT2D eigenvalue weighted by Crippen LogP contribution is 2.21. The molecule has 0 saturated heterocycles. The van der Waals surface area contributed by atoms with E-state index in [1.54, 1.807) is 48.5 Å². The second-order valence-electron chi connectivity index (χ2n) is 6.39. The van der Waals surface area contributed by atoms with Gasteiger partial charge in [-0.3, -0.25) is 14.5 Å². The maximum absolute atomic E-state index is 13.1. The summed E-state index contributed by atoms with van der Waals surface area (Å²) in [5.41, 5.74) is 5.36. The molecule has 1 N–H and O–H groups in total. The van der Waals surface area contributed by atoms with E-state index >= 15 is 0 Å². The fourth-order valence-corrected chi connectivity index (χ4v) is 2.90. The third kappa shape index (κ3) is 5.53. The Hall–Kier alpha value is -3.44. The molecule has 0 saturated carbocycles. The monoisotopic (exact) mass is 405 g/mol. The zero-order chi connectivity index (χ0) is 20.6. The van der Waals surface area contributed by atoms with Crippen molar-refractivity contribution in [2.45, 2.75) is 6.92 Å². The Bertz CT molecular complexity index is 1020. The number of benzene rings is 3. The van der Waals surface area contributed by atoms with E-state index in [2.05, 4.69) is 10.5 Å². The van der Waals surface area contributed by atoms with Crippen LogP contribution in [0.3, 0.4) is 0 Å². The molecule has 0 aliphatic heterocycles. The van der Waals surface area contributed by atoms with Crippen LogP contribution < -0.4 is 10.3 Å². The second kappa shape index (κ2) is 9.66. The number of rotatable bonds is 6. The molecule has 0 bridgehead atoms. The standard InChI is InChI=1S/C23H20ClN3O2/c1-17-7-5-6-10-21(17)27(23(29)19-8-3-2-4-9-19)16-22(28)26-25-15-18-11-13-20(24)14-12-18/h2-15H,16H2,1H3,(H,26,28)/b25-15-. The maximum Gasteiger partial charge on any atom is 0.260 e. The van der Waals surface area contributed by atoms with Gasteiger partial charge in [0.15, 0.2) is 0 Å². The van der Waals surface area contributed by atoms with Gasteiger partial charge in [-0.1, -0.05) is 60.1 Å². The summed E-state index contributed by atoms with van der Waals surface area (Å²) in [5.74, 6) is -0.653. The lowest BCUT2D eigenvalue weighted by atomic mass is 10.1. The van der Waals surface area contributed by atoms with Crippen LogP contribution in [0.1, 0.15) is 21.5 Å². The molecule has 3 rings (SSSR count). The zero-order valence-electron chi connectivity index (χ0n) is 15.9. The van der Waals surface area contributed by atoms with Crippen LogP contribution in [0.2, 0.25) is 5.02 Å². The summed E-state index contributed by atoms with van der Waals surface area (Å²) in [6.45, 7) is 1.74. The van der Waals surface area contributed by atoms with Gasteiger partial charge in [0, 0.05) is 16.3 Å². The molecule has 5 nitrogen and oxygen atoms in total. The number of hydrogen-bond acceptors (Lipinski definition) is 3. The number of nitrogens with one attached hydrogen (secondary N) is 1. The van der Waals surface area contributed by atoms with Gasteiger partial charge in [-0.15, -0.1) is 0 Å². The Morgan fingerprint density at radius 3 is 2.31 bits per heavy atom. The summed E-state index contributed by atoms with van der Waals surface area (Å²) in [6, 6.07) is 23.4. The molecule has 0 aromatic heterocycles. The largest absolute Gasteiger partial charge is 0.299 e. The Morgan fingerprint density at radius 2 is 1.62 bits per heavy atom. The molecule has 146 valence electrons. The van der Waals surface area contributed by atoms with E-state index in [4.69, 9.17) is 11.6 Å². The maximum atomic E-state index is 13.1. The van der Waals surface area contributed by atoms with Crippen LogP contribution in [0.5, 0.6) is 0 Å². The third-order valence-electron chi connectivity index (χ3n) is 4.25. The van der Waals surface area contributed by atoms with Gasteiger partial charge in [-0.05, 0) is 48.4 Å². The van der Waals surface area contributed by atoms with Crippen LogP contribution in [0, 0.1) is 6.92 Å². The van der Waals surface area contributed by atoms with Gasteiger partial charge < -0.3 is 0 Å². The number of hydrazone groups is 1. The molecule has 3 aromatic rings. The van der Waals surface area contributed by atoms with Crippen LogP contribution in [-0.2, 0) is 4.79 Å². The Kier molecular flexibility index (Phi) is 6.76. The minimum atomic E-state index is -0.400. The Labute approximate surface area is 174 Å². The number of amides is 2. The first-order chi connectivity index (χ1) is 14.0. The Balaban J connectivity index is 1.76. The summed E-state index contributed by atoms with van der Waals surface area (Å²) in [5, 5.41) is 4.59. The van der Waals surface area contributed by atoms with Crippen molar-refractivity contribution in [1.29, 1.82) is 0 Å². The molecule has 6 heteroatoms. The van der Waals surface area contributed by atoms with Crippen molar-refractivity contribution in [3.8, 4) is 0 Å². The van der Waals surface area contributed by atoms with E-state index in [0.717, 1.165) is 11.1 Å². The highest BCUT2D eigenvalue weighted by molar-refractivity contribution is 6.30. The van der Waals surface area contributed by atoms with Crippen molar-refractivity contribution in [3.05, 3.63) is 101 Å². The molecule has 0 aliphatic carbocycles. The predicted octanol–water partition coefficient (Wildman–Crippen LogP) is 4.45. The highest BCUT2D eigenvalue weighted by atomic mass is 35.5. The Morgan fingerprint density at radius 1 is 0.966 bits per heavy atom. The summed E-state index contributed by atoms with van der Waals surface area (Å²) in [4.78, 5) is 27.0. The molecular weight excluding hydrogens is 386 g/mol. The number of hydrogen-bond donors (Lipinski definition) is 1. The molecule has 0 spiro atoms. The average molecular weight is 406 g/mol. The van der Waals surface area contributed by atoms with Gasteiger partial charge in [0.25, 0.3) is 11.8 Å². The zero-order valence-corrected chi connectivity index (χ0v) is 16.6. The van der Waals surface area contributed by atoms with Crippen LogP contribution in [-0.4, -0.2) is 24.6 Å². The first kappa shape index (κ1) is 20.3. The summed E-state index contributed by atoms with van der Waals surface area (Å²) >= 11 is 5.85. The lowest BCUT2D eigenvalue weighted by Crippen LogP contribution is -2.40. The number of nitrogens with zero attached hydrogens (tertiary/aromatic N) is 2. The summed E-state index contributed by atoms with van der Waals surface area (Å²) < 4.78 is 0. The van der Waals surface area contributed by atoms with E-state index in [1.807, 2.05) is 37.3 Å². The predicted molar refractivity (Wildman–Crippen MR) is 116 cm³/mol. The molecule has 0 radical (unpaired) electrons. The van der Waals surface area contributed by atoms with Crippen LogP contribution in [0.4, 0.5) is 5.69 Å². The number of anilines is 1. The first-order valence-corrected chi connectivity index (χ1v) is 9.42. The van der Waals surface area contributed by atoms with Crippen molar-refractivity contribution >= 4 is 35.3 Å². The van der Waals surface area contributed by atoms with Gasteiger partial charge in [0.05, 0.1) is 6.21 Å². The normalized spacial score (nSPS) is 10.7. The number of aryl methyl sites for hydroxylation is 1. The first-order valence-electron chi connectivity index (χ1n) is 9.04. The van der Waals surface area contributed by atoms with Gasteiger partial charge in [0.1, 0.15) is 6.54 Å². The minimum absolute atomic E-state index is 0.156. The van der Waals surface area contributed by atoms with E-state index in [-0.39, 0.29) is 12.5 Å². The van der Waals surface area contributed by atoms with E-state index in [0.29, 0.717) is 16.3 Å². The SMILES string of the molecule is Cc1ccccc1N(CC(=O)N/N=C\c1ccc(Cl)cc1)C(=O)c1ccccc1.